The predicted molar refractivity (Wildman–Crippen MR) is 95.1 cm³/mol. The molecule has 1 N–H and O–H groups in total. The highest BCUT2D eigenvalue weighted by Gasteiger charge is 2.10. The van der Waals surface area contributed by atoms with Gasteiger partial charge < -0.3 is 9.73 Å². The third-order valence-corrected chi connectivity index (χ3v) is 3.86. The molecule has 0 saturated carbocycles. The summed E-state index contributed by atoms with van der Waals surface area (Å²) in [6.07, 6.45) is 2.28. The molecule has 0 fully saturated rings. The van der Waals surface area contributed by atoms with Crippen LogP contribution >= 0.6 is 11.6 Å². The van der Waals surface area contributed by atoms with Crippen molar-refractivity contribution >= 4 is 23.2 Å². The minimum atomic E-state index is -0.180. The van der Waals surface area contributed by atoms with Crippen LogP contribution in [0.4, 0.5) is 5.69 Å². The van der Waals surface area contributed by atoms with Gasteiger partial charge in [-0.1, -0.05) is 41.9 Å². The molecule has 1 amide bonds. The van der Waals surface area contributed by atoms with Gasteiger partial charge in [0.05, 0.1) is 16.8 Å². The molecular weight excluding hydrogens is 338 g/mol. The largest absolute Gasteiger partial charge is 0.441 e. The van der Waals surface area contributed by atoms with Crippen molar-refractivity contribution in [2.45, 2.75) is 12.8 Å². The Morgan fingerprint density at radius 3 is 2.76 bits per heavy atom. The van der Waals surface area contributed by atoms with Crippen molar-refractivity contribution in [3.05, 3.63) is 71.2 Å². The number of oxazole rings is 1. The molecule has 0 saturated heterocycles. The van der Waals surface area contributed by atoms with E-state index in [-0.39, 0.29) is 12.3 Å². The summed E-state index contributed by atoms with van der Waals surface area (Å²) in [4.78, 5) is 16.2. The molecule has 1 heterocycles. The topological polar surface area (TPSA) is 78.9 Å². The van der Waals surface area contributed by atoms with Crippen molar-refractivity contribution in [1.29, 1.82) is 5.26 Å². The molecular formula is C19H14ClN3O2. The molecule has 6 heteroatoms. The van der Waals surface area contributed by atoms with Crippen molar-refractivity contribution in [2.24, 2.45) is 0 Å². The Bertz CT molecular complexity index is 929. The average molecular weight is 352 g/mol. The molecule has 3 aromatic rings. The minimum Gasteiger partial charge on any atom is -0.441 e. The molecule has 0 radical (unpaired) electrons. The Hall–Kier alpha value is -3.10. The number of carbonyl (C=O) groups is 1. The second kappa shape index (κ2) is 7.65. The molecule has 0 spiro atoms. The second-order valence-electron chi connectivity index (χ2n) is 5.34. The summed E-state index contributed by atoms with van der Waals surface area (Å²) >= 11 is 5.95. The Kier molecular flexibility index (Phi) is 5.12. The van der Waals surface area contributed by atoms with Crippen molar-refractivity contribution in [1.82, 2.24) is 4.98 Å². The minimum absolute atomic E-state index is 0.180. The average Bonchev–Trinajstić information content (AvgIpc) is 3.10. The molecule has 0 bridgehead atoms. The van der Waals surface area contributed by atoms with Gasteiger partial charge in [0.1, 0.15) is 6.07 Å². The van der Waals surface area contributed by atoms with E-state index in [4.69, 9.17) is 21.3 Å². The first-order valence-corrected chi connectivity index (χ1v) is 8.03. The molecule has 0 aliphatic rings. The van der Waals surface area contributed by atoms with Crippen LogP contribution in [0.1, 0.15) is 17.9 Å². The zero-order valence-corrected chi connectivity index (χ0v) is 14.0. The lowest BCUT2D eigenvalue weighted by Crippen LogP contribution is -2.12. The number of aryl methyl sites for hydroxylation is 1. The SMILES string of the molecule is N#Cc1ccc(NC(=O)CCc2ncc(-c3ccccc3)o2)cc1Cl. The number of amides is 1. The molecule has 0 unspecified atom stereocenters. The highest BCUT2D eigenvalue weighted by molar-refractivity contribution is 6.32. The van der Waals surface area contributed by atoms with Gasteiger partial charge in [-0.15, -0.1) is 0 Å². The number of anilines is 1. The first-order chi connectivity index (χ1) is 12.2. The van der Waals surface area contributed by atoms with Gasteiger partial charge in [-0.3, -0.25) is 4.79 Å². The molecule has 5 nitrogen and oxygen atoms in total. The number of nitrogens with zero attached hydrogens (tertiary/aromatic N) is 2. The van der Waals surface area contributed by atoms with E-state index >= 15 is 0 Å². The normalized spacial score (nSPS) is 10.2. The van der Waals surface area contributed by atoms with Gasteiger partial charge in [0.2, 0.25) is 5.91 Å². The Balaban J connectivity index is 1.57. The zero-order valence-electron chi connectivity index (χ0n) is 13.2. The van der Waals surface area contributed by atoms with E-state index in [0.717, 1.165) is 5.56 Å². The van der Waals surface area contributed by atoms with Crippen LogP contribution in [0.5, 0.6) is 0 Å². The van der Waals surface area contributed by atoms with Crippen LogP contribution in [0.3, 0.4) is 0 Å². The number of nitrogens with one attached hydrogen (secondary N) is 1. The fourth-order valence-corrected chi connectivity index (χ4v) is 2.51. The van der Waals surface area contributed by atoms with E-state index in [9.17, 15) is 4.79 Å². The number of hydrogen-bond donors (Lipinski definition) is 1. The first-order valence-electron chi connectivity index (χ1n) is 7.65. The number of rotatable bonds is 5. The van der Waals surface area contributed by atoms with Crippen LogP contribution in [0.25, 0.3) is 11.3 Å². The molecule has 1 aromatic heterocycles. The van der Waals surface area contributed by atoms with E-state index in [2.05, 4.69) is 10.3 Å². The number of benzene rings is 2. The third-order valence-electron chi connectivity index (χ3n) is 3.55. The molecule has 25 heavy (non-hydrogen) atoms. The number of hydrogen-bond acceptors (Lipinski definition) is 4. The summed E-state index contributed by atoms with van der Waals surface area (Å²) in [6, 6.07) is 16.4. The highest BCUT2D eigenvalue weighted by atomic mass is 35.5. The quantitative estimate of drug-likeness (QED) is 0.737. The van der Waals surface area contributed by atoms with Crippen LogP contribution in [0.2, 0.25) is 5.02 Å². The summed E-state index contributed by atoms with van der Waals surface area (Å²) in [7, 11) is 0. The van der Waals surface area contributed by atoms with Gasteiger partial charge in [0, 0.05) is 24.1 Å². The third kappa shape index (κ3) is 4.25. The lowest BCUT2D eigenvalue weighted by Gasteiger charge is -2.05. The Morgan fingerprint density at radius 2 is 2.04 bits per heavy atom. The van der Waals surface area contributed by atoms with E-state index in [1.807, 2.05) is 36.4 Å². The zero-order chi connectivity index (χ0) is 17.6. The molecule has 2 aromatic carbocycles. The van der Waals surface area contributed by atoms with E-state index in [1.165, 1.54) is 0 Å². The smallest absolute Gasteiger partial charge is 0.224 e. The summed E-state index contributed by atoms with van der Waals surface area (Å²) in [5.41, 5.74) is 1.86. The fourth-order valence-electron chi connectivity index (χ4n) is 2.29. The maximum Gasteiger partial charge on any atom is 0.224 e. The van der Waals surface area contributed by atoms with Gasteiger partial charge in [0.15, 0.2) is 11.7 Å². The molecule has 0 atom stereocenters. The maximum absolute atomic E-state index is 12.0. The number of aromatic nitrogens is 1. The van der Waals surface area contributed by atoms with Gasteiger partial charge >= 0.3 is 0 Å². The first kappa shape index (κ1) is 16.7. The van der Waals surface area contributed by atoms with Gasteiger partial charge in [0.25, 0.3) is 0 Å². The maximum atomic E-state index is 12.0. The van der Waals surface area contributed by atoms with E-state index < -0.39 is 0 Å². The lowest BCUT2D eigenvalue weighted by atomic mass is 10.2. The van der Waals surface area contributed by atoms with Crippen LogP contribution < -0.4 is 5.32 Å². The van der Waals surface area contributed by atoms with Crippen LogP contribution in [0, 0.1) is 11.3 Å². The predicted octanol–water partition coefficient (Wildman–Crippen LogP) is 4.44. The summed E-state index contributed by atoms with van der Waals surface area (Å²) in [5.74, 6) is 1.00. The van der Waals surface area contributed by atoms with Crippen molar-refractivity contribution in [3.63, 3.8) is 0 Å². The Labute approximate surface area is 149 Å². The summed E-state index contributed by atoms with van der Waals surface area (Å²) < 4.78 is 5.67. The molecule has 0 aliphatic heterocycles. The van der Waals surface area contributed by atoms with Crippen LogP contribution in [-0.2, 0) is 11.2 Å². The lowest BCUT2D eigenvalue weighted by molar-refractivity contribution is -0.116. The van der Waals surface area contributed by atoms with Crippen LogP contribution in [0.15, 0.2) is 59.1 Å². The molecule has 3 rings (SSSR count). The second-order valence-corrected chi connectivity index (χ2v) is 5.75. The standard InChI is InChI=1S/C19H14ClN3O2/c20-16-10-15(7-6-14(16)11-21)23-18(24)8-9-19-22-12-17(25-19)13-4-2-1-3-5-13/h1-7,10,12H,8-9H2,(H,23,24). The number of halogens is 1. The van der Waals surface area contributed by atoms with E-state index in [1.54, 1.807) is 24.4 Å². The van der Waals surface area contributed by atoms with Crippen molar-refractivity contribution in [3.8, 4) is 17.4 Å². The van der Waals surface area contributed by atoms with Crippen molar-refractivity contribution in [2.75, 3.05) is 5.32 Å². The highest BCUT2D eigenvalue weighted by Crippen LogP contribution is 2.22. The number of nitriles is 1. The Morgan fingerprint density at radius 1 is 1.24 bits per heavy atom. The molecule has 124 valence electrons. The van der Waals surface area contributed by atoms with Crippen molar-refractivity contribution < 1.29 is 9.21 Å². The monoisotopic (exact) mass is 351 g/mol. The summed E-state index contributed by atoms with van der Waals surface area (Å²) in [6.45, 7) is 0. The van der Waals surface area contributed by atoms with E-state index in [0.29, 0.717) is 34.3 Å². The van der Waals surface area contributed by atoms with Gasteiger partial charge in [-0.25, -0.2) is 4.98 Å². The van der Waals surface area contributed by atoms with Crippen LogP contribution in [-0.4, -0.2) is 10.9 Å². The number of carbonyl (C=O) groups excluding carboxylic acids is 1. The van der Waals surface area contributed by atoms with Gasteiger partial charge in [-0.2, -0.15) is 5.26 Å². The summed E-state index contributed by atoms with van der Waals surface area (Å²) in [5, 5.41) is 11.9. The van der Waals surface area contributed by atoms with Gasteiger partial charge in [-0.05, 0) is 18.2 Å². The molecule has 0 aliphatic carbocycles. The fraction of sp³-hybridized carbons (Fsp3) is 0.105.